The fraction of sp³-hybridized carbons (Fsp3) is 0.476. The van der Waals surface area contributed by atoms with Crippen LogP contribution in [0.1, 0.15) is 43.7 Å². The summed E-state index contributed by atoms with van der Waals surface area (Å²) >= 11 is 0. The number of nitrogens with zero attached hydrogens (tertiary/aromatic N) is 4. The highest BCUT2D eigenvalue weighted by Gasteiger charge is 2.48. The molecule has 4 N–H and O–H groups in total. The standard InChI is InChI=1S/C21H27N7/c1-28-19-16(12-24-28)18(25-15-10-21(11-15)8-5-9-21)26-20(27-19)23-13-17(22)14-6-3-2-4-7-14/h2-4,6-7,12,15,17H,5,8-11,13,22H2,1H3,(H2,23,25,26,27). The molecule has 2 saturated carbocycles. The Labute approximate surface area is 164 Å². The van der Waals surface area contributed by atoms with Gasteiger partial charge in [0.05, 0.1) is 11.6 Å². The second-order valence-corrected chi connectivity index (χ2v) is 8.40. The van der Waals surface area contributed by atoms with Crippen LogP contribution in [-0.4, -0.2) is 32.3 Å². The van der Waals surface area contributed by atoms with E-state index in [0.29, 0.717) is 23.9 Å². The molecule has 1 atom stereocenters. The molecule has 0 radical (unpaired) electrons. The zero-order valence-electron chi connectivity index (χ0n) is 16.2. The Kier molecular flexibility index (Phi) is 4.19. The number of benzene rings is 1. The molecule has 1 unspecified atom stereocenters. The molecule has 7 nitrogen and oxygen atoms in total. The molecule has 2 heterocycles. The lowest BCUT2D eigenvalue weighted by atomic mass is 9.54. The molecule has 2 fully saturated rings. The average molecular weight is 377 g/mol. The van der Waals surface area contributed by atoms with E-state index in [9.17, 15) is 0 Å². The van der Waals surface area contributed by atoms with E-state index < -0.39 is 0 Å². The first-order chi connectivity index (χ1) is 13.6. The second-order valence-electron chi connectivity index (χ2n) is 8.40. The molecule has 146 valence electrons. The minimum absolute atomic E-state index is 0.117. The SMILES string of the molecule is Cn1ncc2c(NC3CC4(CCC4)C3)nc(NCC(N)c3ccccc3)nc21. The zero-order chi connectivity index (χ0) is 19.1. The molecule has 7 heteroatoms. The van der Waals surface area contributed by atoms with Gasteiger partial charge >= 0.3 is 0 Å². The number of anilines is 2. The van der Waals surface area contributed by atoms with Gasteiger partial charge in [0.1, 0.15) is 5.82 Å². The highest BCUT2D eigenvalue weighted by Crippen LogP contribution is 2.56. The summed E-state index contributed by atoms with van der Waals surface area (Å²) in [6.07, 6.45) is 8.52. The number of rotatable bonds is 6. The summed E-state index contributed by atoms with van der Waals surface area (Å²) in [6.45, 7) is 0.569. The average Bonchev–Trinajstić information content (AvgIpc) is 3.02. The Hall–Kier alpha value is -2.67. The molecule has 2 aromatic heterocycles. The molecule has 1 aromatic carbocycles. The lowest BCUT2D eigenvalue weighted by molar-refractivity contribution is 0.0191. The molecule has 2 aliphatic carbocycles. The van der Waals surface area contributed by atoms with Crippen molar-refractivity contribution in [3.63, 3.8) is 0 Å². The van der Waals surface area contributed by atoms with Crippen LogP contribution in [0.3, 0.4) is 0 Å². The molecule has 0 bridgehead atoms. The van der Waals surface area contributed by atoms with Gasteiger partial charge < -0.3 is 16.4 Å². The molecule has 2 aliphatic rings. The number of fused-ring (bicyclic) bond motifs is 1. The predicted octanol–water partition coefficient (Wildman–Crippen LogP) is 3.22. The Balaban J connectivity index is 1.33. The number of aromatic nitrogens is 4. The van der Waals surface area contributed by atoms with E-state index in [1.807, 2.05) is 43.6 Å². The van der Waals surface area contributed by atoms with Gasteiger partial charge in [0, 0.05) is 25.7 Å². The van der Waals surface area contributed by atoms with Gasteiger partial charge in [0.15, 0.2) is 5.65 Å². The van der Waals surface area contributed by atoms with Crippen molar-refractivity contribution in [2.24, 2.45) is 18.2 Å². The molecule has 1 spiro atoms. The van der Waals surface area contributed by atoms with Crippen molar-refractivity contribution in [3.8, 4) is 0 Å². The van der Waals surface area contributed by atoms with E-state index in [1.54, 1.807) is 4.68 Å². The maximum absolute atomic E-state index is 6.32. The first-order valence-electron chi connectivity index (χ1n) is 10.1. The maximum atomic E-state index is 6.32. The third kappa shape index (κ3) is 3.09. The van der Waals surface area contributed by atoms with Gasteiger partial charge in [-0.2, -0.15) is 15.1 Å². The van der Waals surface area contributed by atoms with Crippen molar-refractivity contribution < 1.29 is 0 Å². The lowest BCUT2D eigenvalue weighted by Crippen LogP contribution is -2.49. The van der Waals surface area contributed by atoms with Gasteiger partial charge in [-0.25, -0.2) is 0 Å². The Morgan fingerprint density at radius 3 is 2.71 bits per heavy atom. The number of nitrogens with one attached hydrogen (secondary N) is 2. The summed E-state index contributed by atoms with van der Waals surface area (Å²) in [7, 11) is 1.91. The van der Waals surface area contributed by atoms with Crippen LogP contribution >= 0.6 is 0 Å². The van der Waals surface area contributed by atoms with E-state index in [4.69, 9.17) is 10.7 Å². The maximum Gasteiger partial charge on any atom is 0.226 e. The smallest absolute Gasteiger partial charge is 0.226 e. The topological polar surface area (TPSA) is 93.7 Å². The Morgan fingerprint density at radius 2 is 2.00 bits per heavy atom. The van der Waals surface area contributed by atoms with E-state index in [-0.39, 0.29) is 6.04 Å². The van der Waals surface area contributed by atoms with Crippen molar-refractivity contribution in [2.75, 3.05) is 17.2 Å². The molecule has 28 heavy (non-hydrogen) atoms. The van der Waals surface area contributed by atoms with Gasteiger partial charge in [-0.1, -0.05) is 36.8 Å². The minimum atomic E-state index is -0.117. The highest BCUT2D eigenvalue weighted by atomic mass is 15.3. The molecule has 0 saturated heterocycles. The Bertz CT molecular complexity index is 969. The van der Waals surface area contributed by atoms with Crippen molar-refractivity contribution in [1.29, 1.82) is 0 Å². The van der Waals surface area contributed by atoms with E-state index in [0.717, 1.165) is 22.4 Å². The van der Waals surface area contributed by atoms with Crippen molar-refractivity contribution >= 4 is 22.8 Å². The van der Waals surface area contributed by atoms with Crippen LogP contribution in [0, 0.1) is 5.41 Å². The van der Waals surface area contributed by atoms with Gasteiger partial charge in [-0.05, 0) is 36.7 Å². The third-order valence-electron chi connectivity index (χ3n) is 6.41. The summed E-state index contributed by atoms with van der Waals surface area (Å²) in [5, 5.41) is 12.3. The van der Waals surface area contributed by atoms with Gasteiger partial charge in [0.25, 0.3) is 0 Å². The van der Waals surface area contributed by atoms with Crippen LogP contribution in [0.15, 0.2) is 36.5 Å². The fourth-order valence-electron chi connectivity index (χ4n) is 4.60. The molecular formula is C21H27N7. The lowest BCUT2D eigenvalue weighted by Gasteiger charge is -2.54. The first kappa shape index (κ1) is 17.4. The van der Waals surface area contributed by atoms with Crippen LogP contribution in [0.5, 0.6) is 0 Å². The quantitative estimate of drug-likeness (QED) is 0.611. The third-order valence-corrected chi connectivity index (χ3v) is 6.41. The van der Waals surface area contributed by atoms with Crippen LogP contribution in [0.4, 0.5) is 11.8 Å². The summed E-state index contributed by atoms with van der Waals surface area (Å²) in [4.78, 5) is 9.40. The number of hydrogen-bond donors (Lipinski definition) is 3. The number of hydrogen-bond acceptors (Lipinski definition) is 6. The Morgan fingerprint density at radius 1 is 1.21 bits per heavy atom. The van der Waals surface area contributed by atoms with Crippen LogP contribution < -0.4 is 16.4 Å². The molecular weight excluding hydrogens is 350 g/mol. The first-order valence-corrected chi connectivity index (χ1v) is 10.1. The summed E-state index contributed by atoms with van der Waals surface area (Å²) in [5.74, 6) is 1.45. The van der Waals surface area contributed by atoms with Crippen LogP contribution in [0.2, 0.25) is 0 Å². The zero-order valence-corrected chi connectivity index (χ0v) is 16.2. The number of aryl methyl sites for hydroxylation is 1. The van der Waals surface area contributed by atoms with E-state index >= 15 is 0 Å². The van der Waals surface area contributed by atoms with E-state index in [2.05, 4.69) is 20.7 Å². The monoisotopic (exact) mass is 377 g/mol. The largest absolute Gasteiger partial charge is 0.367 e. The summed E-state index contributed by atoms with van der Waals surface area (Å²) in [6, 6.07) is 10.5. The fourth-order valence-corrected chi connectivity index (χ4v) is 4.60. The summed E-state index contributed by atoms with van der Waals surface area (Å²) < 4.78 is 1.79. The second kappa shape index (κ2) is 6.74. The normalized spacial score (nSPS) is 19.2. The molecule has 3 aromatic rings. The molecule has 0 aliphatic heterocycles. The van der Waals surface area contributed by atoms with Gasteiger partial charge in [0.2, 0.25) is 5.95 Å². The summed E-state index contributed by atoms with van der Waals surface area (Å²) in [5.41, 5.74) is 8.86. The van der Waals surface area contributed by atoms with Crippen LogP contribution in [0.25, 0.3) is 11.0 Å². The number of nitrogens with two attached hydrogens (primary N) is 1. The van der Waals surface area contributed by atoms with Crippen molar-refractivity contribution in [3.05, 3.63) is 42.1 Å². The molecule has 0 amide bonds. The molecule has 5 rings (SSSR count). The van der Waals surface area contributed by atoms with Crippen molar-refractivity contribution in [2.45, 2.75) is 44.2 Å². The van der Waals surface area contributed by atoms with Crippen LogP contribution in [-0.2, 0) is 7.05 Å². The minimum Gasteiger partial charge on any atom is -0.367 e. The van der Waals surface area contributed by atoms with Gasteiger partial charge in [-0.3, -0.25) is 4.68 Å². The predicted molar refractivity (Wildman–Crippen MR) is 111 cm³/mol. The van der Waals surface area contributed by atoms with Gasteiger partial charge in [-0.15, -0.1) is 0 Å². The van der Waals surface area contributed by atoms with Crippen molar-refractivity contribution in [1.82, 2.24) is 19.7 Å². The van der Waals surface area contributed by atoms with E-state index in [1.165, 1.54) is 32.1 Å². The highest BCUT2D eigenvalue weighted by molar-refractivity contribution is 5.87.